The fourth-order valence-corrected chi connectivity index (χ4v) is 2.84. The second-order valence-corrected chi connectivity index (χ2v) is 5.61. The van der Waals surface area contributed by atoms with E-state index < -0.39 is 0 Å². The highest BCUT2D eigenvalue weighted by molar-refractivity contribution is 6.31. The zero-order valence-corrected chi connectivity index (χ0v) is 11.8. The summed E-state index contributed by atoms with van der Waals surface area (Å²) in [6, 6.07) is 9.72. The van der Waals surface area contributed by atoms with Gasteiger partial charge in [0, 0.05) is 29.4 Å². The molecule has 1 saturated heterocycles. The number of primary amides is 1. The molecule has 1 aromatic heterocycles. The number of hydrogen-bond acceptors (Lipinski definition) is 3. The molecule has 0 spiro atoms. The molecule has 3 rings (SSSR count). The topological polar surface area (TPSA) is 59.2 Å². The van der Waals surface area contributed by atoms with Crippen LogP contribution < -0.4 is 10.6 Å². The van der Waals surface area contributed by atoms with Crippen LogP contribution in [0.2, 0.25) is 5.02 Å². The molecule has 0 aliphatic carbocycles. The Morgan fingerprint density at radius 1 is 1.25 bits per heavy atom. The largest absolute Gasteiger partial charge is 0.369 e. The van der Waals surface area contributed by atoms with Crippen LogP contribution in [0.3, 0.4) is 0 Å². The van der Waals surface area contributed by atoms with Gasteiger partial charge in [-0.05, 0) is 43.2 Å². The summed E-state index contributed by atoms with van der Waals surface area (Å²) in [7, 11) is 0. The van der Waals surface area contributed by atoms with Crippen LogP contribution in [0, 0.1) is 5.92 Å². The zero-order valence-electron chi connectivity index (χ0n) is 11.1. The number of carbonyl (C=O) groups excluding carboxylic acids is 1. The molecule has 0 atom stereocenters. The van der Waals surface area contributed by atoms with E-state index in [-0.39, 0.29) is 11.8 Å². The van der Waals surface area contributed by atoms with Gasteiger partial charge in [0.2, 0.25) is 5.91 Å². The number of piperidine rings is 1. The van der Waals surface area contributed by atoms with Crippen molar-refractivity contribution in [2.24, 2.45) is 11.7 Å². The number of anilines is 1. The van der Waals surface area contributed by atoms with E-state index in [0.717, 1.165) is 42.7 Å². The van der Waals surface area contributed by atoms with E-state index in [1.165, 1.54) is 0 Å². The Morgan fingerprint density at radius 2 is 2.00 bits per heavy atom. The lowest BCUT2D eigenvalue weighted by molar-refractivity contribution is -0.122. The first-order chi connectivity index (χ1) is 9.63. The summed E-state index contributed by atoms with van der Waals surface area (Å²) in [6.45, 7) is 1.64. The maximum absolute atomic E-state index is 11.2. The minimum Gasteiger partial charge on any atom is -0.369 e. The van der Waals surface area contributed by atoms with Crippen LogP contribution in [0.4, 0.5) is 5.82 Å². The number of amides is 1. The molecule has 1 aliphatic heterocycles. The molecule has 1 fully saturated rings. The standard InChI is InChI=1S/C15H16ClN3O/c16-12-2-3-13-11(9-12)1-4-14(18-13)19-7-5-10(6-8-19)15(17)20/h1-4,9-10H,5-8H2,(H2,17,20). The number of nitrogens with two attached hydrogens (primary N) is 1. The van der Waals surface area contributed by atoms with Gasteiger partial charge in [-0.15, -0.1) is 0 Å². The van der Waals surface area contributed by atoms with Crippen molar-refractivity contribution in [3.63, 3.8) is 0 Å². The molecule has 2 heterocycles. The first kappa shape index (κ1) is 13.2. The lowest BCUT2D eigenvalue weighted by Crippen LogP contribution is -2.38. The fraction of sp³-hybridized carbons (Fsp3) is 0.333. The summed E-state index contributed by atoms with van der Waals surface area (Å²) >= 11 is 5.97. The van der Waals surface area contributed by atoms with Crippen molar-refractivity contribution in [1.82, 2.24) is 4.98 Å². The molecule has 1 aliphatic rings. The minimum atomic E-state index is -0.189. The van der Waals surface area contributed by atoms with Gasteiger partial charge in [-0.3, -0.25) is 4.79 Å². The van der Waals surface area contributed by atoms with Gasteiger partial charge in [0.25, 0.3) is 0 Å². The summed E-state index contributed by atoms with van der Waals surface area (Å²) in [4.78, 5) is 18.0. The Balaban J connectivity index is 1.81. The van der Waals surface area contributed by atoms with Crippen molar-refractivity contribution in [3.8, 4) is 0 Å². The molecule has 20 heavy (non-hydrogen) atoms. The highest BCUT2D eigenvalue weighted by atomic mass is 35.5. The van der Waals surface area contributed by atoms with Gasteiger partial charge in [0.1, 0.15) is 5.82 Å². The number of fused-ring (bicyclic) bond motifs is 1. The molecule has 0 unspecified atom stereocenters. The first-order valence-electron chi connectivity index (χ1n) is 6.74. The highest BCUT2D eigenvalue weighted by Crippen LogP contribution is 2.25. The van der Waals surface area contributed by atoms with Crippen molar-refractivity contribution in [2.75, 3.05) is 18.0 Å². The molecule has 1 amide bonds. The Morgan fingerprint density at radius 3 is 2.70 bits per heavy atom. The SMILES string of the molecule is NC(=O)C1CCN(c2ccc3cc(Cl)ccc3n2)CC1. The van der Waals surface area contributed by atoms with Gasteiger partial charge in [-0.2, -0.15) is 0 Å². The molecule has 1 aromatic carbocycles. The van der Waals surface area contributed by atoms with Crippen LogP contribution in [-0.4, -0.2) is 24.0 Å². The normalized spacial score (nSPS) is 16.6. The smallest absolute Gasteiger partial charge is 0.220 e. The number of hydrogen-bond donors (Lipinski definition) is 1. The van der Waals surface area contributed by atoms with Gasteiger partial charge in [0.15, 0.2) is 0 Å². The molecular weight excluding hydrogens is 274 g/mol. The molecule has 5 heteroatoms. The minimum absolute atomic E-state index is 0.00510. The van der Waals surface area contributed by atoms with E-state index in [1.54, 1.807) is 0 Å². The molecule has 0 bridgehead atoms. The molecule has 104 valence electrons. The zero-order chi connectivity index (χ0) is 14.1. The molecule has 0 radical (unpaired) electrons. The van der Waals surface area contributed by atoms with Crippen molar-refractivity contribution in [1.29, 1.82) is 0 Å². The van der Waals surface area contributed by atoms with Crippen LogP contribution in [0.1, 0.15) is 12.8 Å². The average Bonchev–Trinajstić information content (AvgIpc) is 2.47. The summed E-state index contributed by atoms with van der Waals surface area (Å²) in [5.74, 6) is 0.763. The molecule has 2 N–H and O–H groups in total. The highest BCUT2D eigenvalue weighted by Gasteiger charge is 2.23. The second kappa shape index (κ2) is 5.29. The lowest BCUT2D eigenvalue weighted by atomic mass is 9.96. The predicted octanol–water partition coefficient (Wildman–Crippen LogP) is 2.59. The Kier molecular flexibility index (Phi) is 3.49. The Bertz CT molecular complexity index is 651. The number of rotatable bonds is 2. The van der Waals surface area contributed by atoms with E-state index in [0.29, 0.717) is 5.02 Å². The van der Waals surface area contributed by atoms with Gasteiger partial charge in [-0.1, -0.05) is 11.6 Å². The van der Waals surface area contributed by atoms with Crippen LogP contribution in [0.5, 0.6) is 0 Å². The summed E-state index contributed by atoms with van der Waals surface area (Å²) < 4.78 is 0. The third kappa shape index (κ3) is 2.56. The number of benzene rings is 1. The Hall–Kier alpha value is -1.81. The lowest BCUT2D eigenvalue weighted by Gasteiger charge is -2.31. The summed E-state index contributed by atoms with van der Waals surface area (Å²) in [6.07, 6.45) is 1.60. The van der Waals surface area contributed by atoms with E-state index in [4.69, 9.17) is 17.3 Å². The number of carbonyl (C=O) groups is 1. The fourth-order valence-electron chi connectivity index (χ4n) is 2.65. The third-order valence-corrected chi connectivity index (χ3v) is 4.09. The van der Waals surface area contributed by atoms with Crippen molar-refractivity contribution in [3.05, 3.63) is 35.4 Å². The monoisotopic (exact) mass is 289 g/mol. The molecule has 0 saturated carbocycles. The summed E-state index contributed by atoms with van der Waals surface area (Å²) in [5.41, 5.74) is 6.29. The number of aromatic nitrogens is 1. The maximum atomic E-state index is 11.2. The van der Waals surface area contributed by atoms with Crippen LogP contribution >= 0.6 is 11.6 Å². The van der Waals surface area contributed by atoms with Gasteiger partial charge in [-0.25, -0.2) is 4.98 Å². The van der Waals surface area contributed by atoms with Crippen LogP contribution in [-0.2, 0) is 4.79 Å². The van der Waals surface area contributed by atoms with Crippen LogP contribution in [0.25, 0.3) is 10.9 Å². The van der Waals surface area contributed by atoms with Crippen molar-refractivity contribution < 1.29 is 4.79 Å². The second-order valence-electron chi connectivity index (χ2n) is 5.17. The molecule has 4 nitrogen and oxygen atoms in total. The van der Waals surface area contributed by atoms with Crippen LogP contribution in [0.15, 0.2) is 30.3 Å². The summed E-state index contributed by atoms with van der Waals surface area (Å²) in [5, 5.41) is 1.75. The average molecular weight is 290 g/mol. The van der Waals surface area contributed by atoms with Gasteiger partial charge < -0.3 is 10.6 Å². The quantitative estimate of drug-likeness (QED) is 0.924. The number of pyridine rings is 1. The maximum Gasteiger partial charge on any atom is 0.220 e. The van der Waals surface area contributed by atoms with Crippen molar-refractivity contribution >= 4 is 34.2 Å². The van der Waals surface area contributed by atoms with E-state index in [1.807, 2.05) is 30.3 Å². The van der Waals surface area contributed by atoms with E-state index in [2.05, 4.69) is 9.88 Å². The number of nitrogens with zero attached hydrogens (tertiary/aromatic N) is 2. The van der Waals surface area contributed by atoms with Crippen molar-refractivity contribution in [2.45, 2.75) is 12.8 Å². The third-order valence-electron chi connectivity index (χ3n) is 3.86. The molecular formula is C15H16ClN3O. The van der Waals surface area contributed by atoms with E-state index >= 15 is 0 Å². The van der Waals surface area contributed by atoms with Gasteiger partial charge in [0.05, 0.1) is 5.52 Å². The molecule has 2 aromatic rings. The van der Waals surface area contributed by atoms with E-state index in [9.17, 15) is 4.79 Å². The Labute approximate surface area is 122 Å². The predicted molar refractivity (Wildman–Crippen MR) is 80.9 cm³/mol. The number of halogens is 1. The van der Waals surface area contributed by atoms with Gasteiger partial charge >= 0.3 is 0 Å². The first-order valence-corrected chi connectivity index (χ1v) is 7.12.